The van der Waals surface area contributed by atoms with Crippen molar-refractivity contribution in [3.8, 4) is 0 Å². The highest BCUT2D eigenvalue weighted by Crippen LogP contribution is 2.18. The van der Waals surface area contributed by atoms with Crippen molar-refractivity contribution < 1.29 is 14.3 Å². The Bertz CT molecular complexity index is 1020. The van der Waals surface area contributed by atoms with E-state index in [1.807, 2.05) is 29.5 Å². The SMILES string of the molecule is Cc1cccc2nc(C(=O)Nc3ccccc3C(=O)NC[C@@H]3CCCO3)cn12. The fraction of sp³-hybridized carbons (Fsp3) is 0.286. The Hall–Kier alpha value is -3.19. The smallest absolute Gasteiger partial charge is 0.275 e. The molecule has 7 heteroatoms. The van der Waals surface area contributed by atoms with Gasteiger partial charge in [-0.05, 0) is 44.0 Å². The van der Waals surface area contributed by atoms with Gasteiger partial charge in [-0.2, -0.15) is 0 Å². The maximum atomic E-state index is 12.7. The van der Waals surface area contributed by atoms with Crippen LogP contribution >= 0.6 is 0 Å². The normalized spacial score (nSPS) is 16.2. The van der Waals surface area contributed by atoms with E-state index in [2.05, 4.69) is 15.6 Å². The molecule has 1 fully saturated rings. The quantitative estimate of drug-likeness (QED) is 0.715. The standard InChI is InChI=1S/C21H22N4O3/c1-14-6-4-10-19-23-18(13-25(14)19)21(27)24-17-9-3-2-8-16(17)20(26)22-12-15-7-5-11-28-15/h2-4,6,8-10,13,15H,5,7,11-12H2,1H3,(H,22,26)(H,24,27)/t15-/m0/s1. The predicted octanol–water partition coefficient (Wildman–Crippen LogP) is 2.80. The summed E-state index contributed by atoms with van der Waals surface area (Å²) in [5, 5.41) is 5.70. The molecule has 1 atom stereocenters. The minimum absolute atomic E-state index is 0.0620. The molecule has 1 saturated heterocycles. The summed E-state index contributed by atoms with van der Waals surface area (Å²) in [6.07, 6.45) is 3.73. The highest BCUT2D eigenvalue weighted by Gasteiger charge is 2.19. The van der Waals surface area contributed by atoms with Gasteiger partial charge < -0.3 is 19.8 Å². The van der Waals surface area contributed by atoms with Crippen molar-refractivity contribution in [2.24, 2.45) is 0 Å². The molecule has 3 heterocycles. The number of nitrogens with zero attached hydrogens (tertiary/aromatic N) is 2. The molecule has 2 aromatic heterocycles. The maximum Gasteiger partial charge on any atom is 0.275 e. The third-order valence-electron chi connectivity index (χ3n) is 4.86. The number of imidazole rings is 1. The lowest BCUT2D eigenvalue weighted by atomic mass is 10.1. The number of hydrogen-bond acceptors (Lipinski definition) is 4. The first kappa shape index (κ1) is 18.2. The fourth-order valence-electron chi connectivity index (χ4n) is 3.34. The number of carbonyl (C=O) groups excluding carboxylic acids is 2. The molecular weight excluding hydrogens is 356 g/mol. The van der Waals surface area contributed by atoms with Crippen LogP contribution in [0, 0.1) is 6.92 Å². The van der Waals surface area contributed by atoms with Crippen LogP contribution in [0.1, 0.15) is 39.4 Å². The van der Waals surface area contributed by atoms with Crippen molar-refractivity contribution in [2.45, 2.75) is 25.9 Å². The van der Waals surface area contributed by atoms with Crippen molar-refractivity contribution in [1.29, 1.82) is 0 Å². The molecule has 0 bridgehead atoms. The topological polar surface area (TPSA) is 84.7 Å². The number of benzene rings is 1. The van der Waals surface area contributed by atoms with Gasteiger partial charge in [0.05, 0.1) is 17.4 Å². The van der Waals surface area contributed by atoms with Crippen LogP contribution in [-0.4, -0.2) is 40.5 Å². The monoisotopic (exact) mass is 378 g/mol. The third kappa shape index (κ3) is 3.75. The van der Waals surface area contributed by atoms with Gasteiger partial charge in [-0.3, -0.25) is 9.59 Å². The number of amides is 2. The lowest BCUT2D eigenvalue weighted by molar-refractivity contribution is 0.0858. The Morgan fingerprint density at radius 1 is 1.18 bits per heavy atom. The molecule has 2 N–H and O–H groups in total. The molecule has 0 aliphatic carbocycles. The van der Waals surface area contributed by atoms with Crippen molar-refractivity contribution in [3.63, 3.8) is 0 Å². The van der Waals surface area contributed by atoms with E-state index in [0.717, 1.165) is 25.1 Å². The highest BCUT2D eigenvalue weighted by molar-refractivity contribution is 6.08. The molecule has 2 amide bonds. The Labute approximate surface area is 162 Å². The van der Waals surface area contributed by atoms with E-state index in [9.17, 15) is 9.59 Å². The summed E-state index contributed by atoms with van der Waals surface area (Å²) in [5.41, 5.74) is 2.84. The van der Waals surface area contributed by atoms with E-state index in [4.69, 9.17) is 4.74 Å². The van der Waals surface area contributed by atoms with Gasteiger partial charge in [-0.25, -0.2) is 4.98 Å². The van der Waals surface area contributed by atoms with Crippen LogP contribution in [-0.2, 0) is 4.74 Å². The molecule has 28 heavy (non-hydrogen) atoms. The Kier molecular flexibility index (Phi) is 5.08. The van der Waals surface area contributed by atoms with Gasteiger partial charge in [0.25, 0.3) is 11.8 Å². The zero-order valence-corrected chi connectivity index (χ0v) is 15.6. The number of aryl methyl sites for hydroxylation is 1. The third-order valence-corrected chi connectivity index (χ3v) is 4.86. The molecule has 3 aromatic rings. The van der Waals surface area contributed by atoms with E-state index in [-0.39, 0.29) is 17.9 Å². The summed E-state index contributed by atoms with van der Waals surface area (Å²) in [6, 6.07) is 12.6. The van der Waals surface area contributed by atoms with E-state index in [0.29, 0.717) is 29.1 Å². The molecule has 144 valence electrons. The fourth-order valence-corrected chi connectivity index (χ4v) is 3.34. The minimum Gasteiger partial charge on any atom is -0.376 e. The molecule has 0 unspecified atom stereocenters. The van der Waals surface area contributed by atoms with Crippen molar-refractivity contribution in [1.82, 2.24) is 14.7 Å². The lowest BCUT2D eigenvalue weighted by Crippen LogP contribution is -2.32. The van der Waals surface area contributed by atoms with Crippen molar-refractivity contribution in [2.75, 3.05) is 18.5 Å². The van der Waals surface area contributed by atoms with Crippen LogP contribution in [0.5, 0.6) is 0 Å². The zero-order valence-electron chi connectivity index (χ0n) is 15.6. The number of ether oxygens (including phenoxy) is 1. The molecular formula is C21H22N4O3. The van der Waals surface area contributed by atoms with Gasteiger partial charge in [-0.1, -0.05) is 18.2 Å². The van der Waals surface area contributed by atoms with Gasteiger partial charge >= 0.3 is 0 Å². The number of anilines is 1. The first-order chi connectivity index (χ1) is 13.6. The number of hydrogen-bond donors (Lipinski definition) is 2. The summed E-state index contributed by atoms with van der Waals surface area (Å²) >= 11 is 0. The van der Waals surface area contributed by atoms with Crippen LogP contribution < -0.4 is 10.6 Å². The molecule has 1 aliphatic heterocycles. The Morgan fingerprint density at radius 3 is 2.82 bits per heavy atom. The summed E-state index contributed by atoms with van der Waals surface area (Å²) in [4.78, 5) is 29.7. The first-order valence-electron chi connectivity index (χ1n) is 9.37. The Balaban J connectivity index is 1.50. The summed E-state index contributed by atoms with van der Waals surface area (Å²) in [5.74, 6) is -0.597. The van der Waals surface area contributed by atoms with Crippen LogP contribution in [0.3, 0.4) is 0 Å². The van der Waals surface area contributed by atoms with Gasteiger partial charge in [0, 0.05) is 25.0 Å². The van der Waals surface area contributed by atoms with Gasteiger partial charge in [-0.15, -0.1) is 0 Å². The number of aromatic nitrogens is 2. The molecule has 1 aliphatic rings. The number of nitrogens with one attached hydrogen (secondary N) is 2. The highest BCUT2D eigenvalue weighted by atomic mass is 16.5. The first-order valence-corrected chi connectivity index (χ1v) is 9.37. The second-order valence-corrected chi connectivity index (χ2v) is 6.87. The average Bonchev–Trinajstić information content (AvgIpc) is 3.37. The van der Waals surface area contributed by atoms with Crippen LogP contribution in [0.4, 0.5) is 5.69 Å². The number of rotatable bonds is 5. The summed E-state index contributed by atoms with van der Waals surface area (Å²) < 4.78 is 7.39. The van der Waals surface area contributed by atoms with E-state index in [1.54, 1.807) is 30.5 Å². The number of para-hydroxylation sites is 1. The largest absolute Gasteiger partial charge is 0.376 e. The van der Waals surface area contributed by atoms with Crippen LogP contribution in [0.2, 0.25) is 0 Å². The molecule has 4 rings (SSSR count). The summed E-state index contributed by atoms with van der Waals surface area (Å²) in [6.45, 7) is 3.16. The van der Waals surface area contributed by atoms with Crippen LogP contribution in [0.15, 0.2) is 48.7 Å². The van der Waals surface area contributed by atoms with Gasteiger partial charge in [0.1, 0.15) is 11.3 Å². The van der Waals surface area contributed by atoms with E-state index in [1.165, 1.54) is 0 Å². The minimum atomic E-state index is -0.359. The average molecular weight is 378 g/mol. The molecule has 0 saturated carbocycles. The zero-order chi connectivity index (χ0) is 19.5. The summed E-state index contributed by atoms with van der Waals surface area (Å²) in [7, 11) is 0. The number of fused-ring (bicyclic) bond motifs is 1. The van der Waals surface area contributed by atoms with Crippen LogP contribution in [0.25, 0.3) is 5.65 Å². The molecule has 0 spiro atoms. The number of carbonyl (C=O) groups is 2. The maximum absolute atomic E-state index is 12.7. The van der Waals surface area contributed by atoms with E-state index >= 15 is 0 Å². The molecule has 1 aromatic carbocycles. The number of pyridine rings is 1. The molecule has 7 nitrogen and oxygen atoms in total. The van der Waals surface area contributed by atoms with Gasteiger partial charge in [0.2, 0.25) is 0 Å². The molecule has 0 radical (unpaired) electrons. The van der Waals surface area contributed by atoms with Gasteiger partial charge in [0.15, 0.2) is 0 Å². The van der Waals surface area contributed by atoms with Crippen molar-refractivity contribution in [3.05, 3.63) is 65.6 Å². The van der Waals surface area contributed by atoms with E-state index < -0.39 is 0 Å². The second-order valence-electron chi connectivity index (χ2n) is 6.87. The van der Waals surface area contributed by atoms with Crippen molar-refractivity contribution >= 4 is 23.1 Å². The Morgan fingerprint density at radius 2 is 2.04 bits per heavy atom. The second kappa shape index (κ2) is 7.82. The lowest BCUT2D eigenvalue weighted by Gasteiger charge is -2.13. The predicted molar refractivity (Wildman–Crippen MR) is 106 cm³/mol.